The van der Waals surface area contributed by atoms with Crippen molar-refractivity contribution in [1.82, 2.24) is 4.90 Å². The van der Waals surface area contributed by atoms with E-state index >= 15 is 0 Å². The van der Waals surface area contributed by atoms with Gasteiger partial charge in [0, 0.05) is 18.2 Å². The molecule has 0 saturated heterocycles. The number of amides is 1. The zero-order valence-electron chi connectivity index (χ0n) is 14.5. The second-order valence-corrected chi connectivity index (χ2v) is 7.11. The van der Waals surface area contributed by atoms with Gasteiger partial charge < -0.3 is 14.4 Å². The van der Waals surface area contributed by atoms with Crippen LogP contribution in [0.15, 0.2) is 12.1 Å². The summed E-state index contributed by atoms with van der Waals surface area (Å²) in [6.07, 6.45) is 5.60. The number of carbonyl (C=O) groups is 1. The number of ether oxygens (including phenoxy) is 2. The van der Waals surface area contributed by atoms with E-state index in [-0.39, 0.29) is 5.91 Å². The Morgan fingerprint density at radius 2 is 1.96 bits per heavy atom. The van der Waals surface area contributed by atoms with Crippen LogP contribution in [-0.4, -0.2) is 36.6 Å². The first-order chi connectivity index (χ1) is 11.6. The van der Waals surface area contributed by atoms with Gasteiger partial charge in [-0.3, -0.25) is 4.79 Å². The van der Waals surface area contributed by atoms with Gasteiger partial charge >= 0.3 is 0 Å². The maximum Gasteiger partial charge on any atom is 0.254 e. The van der Waals surface area contributed by atoms with Crippen LogP contribution in [0.1, 0.15) is 56.3 Å². The minimum atomic E-state index is 0.0642. The number of carbonyl (C=O) groups excluding carboxylic acids is 1. The second kappa shape index (κ2) is 7.64. The molecule has 0 atom stereocenters. The molecular formula is C19H26ClNO3. The molecule has 2 saturated carbocycles. The van der Waals surface area contributed by atoms with Crippen LogP contribution >= 0.6 is 11.6 Å². The summed E-state index contributed by atoms with van der Waals surface area (Å²) in [4.78, 5) is 15.0. The lowest BCUT2D eigenvalue weighted by atomic mass is 10.1. The van der Waals surface area contributed by atoms with Crippen molar-refractivity contribution in [2.75, 3.05) is 19.8 Å². The van der Waals surface area contributed by atoms with Crippen LogP contribution < -0.4 is 9.47 Å². The van der Waals surface area contributed by atoms with Crippen molar-refractivity contribution in [1.29, 1.82) is 0 Å². The highest BCUT2D eigenvalue weighted by atomic mass is 35.5. The standard InChI is InChI=1S/C19H26ClNO3/c1-3-9-24-18-16(20)10-14(11-17(18)23-4-2)19(22)21(15-7-8-15)12-13-5-6-13/h10-11,13,15H,3-9,12H2,1-2H3. The van der Waals surface area contributed by atoms with E-state index in [1.807, 2.05) is 18.7 Å². The summed E-state index contributed by atoms with van der Waals surface area (Å²) >= 11 is 6.39. The fourth-order valence-corrected chi connectivity index (χ4v) is 3.09. The Morgan fingerprint density at radius 1 is 1.21 bits per heavy atom. The Labute approximate surface area is 149 Å². The molecule has 24 heavy (non-hydrogen) atoms. The molecule has 4 nitrogen and oxygen atoms in total. The lowest BCUT2D eigenvalue weighted by molar-refractivity contribution is 0.0734. The van der Waals surface area contributed by atoms with Gasteiger partial charge in [0.25, 0.3) is 5.91 Å². The lowest BCUT2D eigenvalue weighted by Gasteiger charge is -2.23. The van der Waals surface area contributed by atoms with Crippen LogP contribution in [0.5, 0.6) is 11.5 Å². The van der Waals surface area contributed by atoms with Gasteiger partial charge in [-0.15, -0.1) is 0 Å². The molecule has 1 aromatic carbocycles. The molecule has 0 aliphatic heterocycles. The maximum absolute atomic E-state index is 13.0. The lowest BCUT2D eigenvalue weighted by Crippen LogP contribution is -2.35. The number of benzene rings is 1. The third-order valence-electron chi connectivity index (χ3n) is 4.41. The first-order valence-corrected chi connectivity index (χ1v) is 9.41. The van der Waals surface area contributed by atoms with Crippen LogP contribution in [-0.2, 0) is 0 Å². The molecule has 2 aliphatic rings. The van der Waals surface area contributed by atoms with Crippen molar-refractivity contribution >= 4 is 17.5 Å². The molecule has 0 spiro atoms. The number of hydrogen-bond acceptors (Lipinski definition) is 3. The van der Waals surface area contributed by atoms with Crippen molar-refractivity contribution in [3.8, 4) is 11.5 Å². The topological polar surface area (TPSA) is 38.8 Å². The molecule has 0 N–H and O–H groups in total. The fraction of sp³-hybridized carbons (Fsp3) is 0.632. The van der Waals surface area contributed by atoms with Crippen molar-refractivity contribution < 1.29 is 14.3 Å². The minimum absolute atomic E-state index is 0.0642. The smallest absolute Gasteiger partial charge is 0.254 e. The molecular weight excluding hydrogens is 326 g/mol. The van der Waals surface area contributed by atoms with Crippen molar-refractivity contribution in [2.45, 2.75) is 52.0 Å². The summed E-state index contributed by atoms with van der Waals surface area (Å²) in [7, 11) is 0. The Bertz CT molecular complexity index is 597. The summed E-state index contributed by atoms with van der Waals surface area (Å²) < 4.78 is 11.4. The first kappa shape index (κ1) is 17.4. The van der Waals surface area contributed by atoms with E-state index in [1.54, 1.807) is 12.1 Å². The van der Waals surface area contributed by atoms with Gasteiger partial charge in [-0.1, -0.05) is 18.5 Å². The Balaban J connectivity index is 1.84. The van der Waals surface area contributed by atoms with E-state index in [1.165, 1.54) is 12.8 Å². The van der Waals surface area contributed by atoms with Crippen molar-refractivity contribution in [2.24, 2.45) is 5.92 Å². The quantitative estimate of drug-likeness (QED) is 0.655. The number of hydrogen-bond donors (Lipinski definition) is 0. The summed E-state index contributed by atoms with van der Waals surface area (Å²) in [5.41, 5.74) is 0.597. The van der Waals surface area contributed by atoms with Gasteiger partial charge in [0.05, 0.1) is 18.2 Å². The van der Waals surface area contributed by atoms with Crippen molar-refractivity contribution in [3.05, 3.63) is 22.7 Å². The van der Waals surface area contributed by atoms with Gasteiger partial charge in [0.15, 0.2) is 11.5 Å². The van der Waals surface area contributed by atoms with Gasteiger partial charge in [-0.25, -0.2) is 0 Å². The van der Waals surface area contributed by atoms with Gasteiger partial charge in [-0.05, 0) is 57.1 Å². The average Bonchev–Trinajstić information content (AvgIpc) is 3.45. The Hall–Kier alpha value is -1.42. The van der Waals surface area contributed by atoms with E-state index in [4.69, 9.17) is 21.1 Å². The first-order valence-electron chi connectivity index (χ1n) is 9.04. The number of rotatable bonds is 9. The zero-order valence-corrected chi connectivity index (χ0v) is 15.3. The molecule has 0 bridgehead atoms. The van der Waals surface area contributed by atoms with E-state index in [0.717, 1.165) is 25.8 Å². The van der Waals surface area contributed by atoms with E-state index < -0.39 is 0 Å². The van der Waals surface area contributed by atoms with Crippen LogP contribution in [0.25, 0.3) is 0 Å². The Kier molecular flexibility index (Phi) is 5.54. The molecule has 0 heterocycles. The fourth-order valence-electron chi connectivity index (χ4n) is 2.83. The predicted molar refractivity (Wildman–Crippen MR) is 95.2 cm³/mol. The summed E-state index contributed by atoms with van der Waals surface area (Å²) in [5, 5.41) is 0.444. The monoisotopic (exact) mass is 351 g/mol. The summed E-state index contributed by atoms with van der Waals surface area (Å²) in [5.74, 6) is 1.85. The molecule has 0 radical (unpaired) electrons. The van der Waals surface area contributed by atoms with Crippen LogP contribution in [0.3, 0.4) is 0 Å². The normalized spacial score (nSPS) is 16.8. The predicted octanol–water partition coefficient (Wildman–Crippen LogP) is 4.54. The highest BCUT2D eigenvalue weighted by Gasteiger charge is 2.37. The molecule has 5 heteroatoms. The van der Waals surface area contributed by atoms with Gasteiger partial charge in [-0.2, -0.15) is 0 Å². The molecule has 0 unspecified atom stereocenters. The maximum atomic E-state index is 13.0. The highest BCUT2D eigenvalue weighted by Crippen LogP contribution is 2.39. The molecule has 1 aromatic rings. The molecule has 1 amide bonds. The third kappa shape index (κ3) is 4.15. The van der Waals surface area contributed by atoms with E-state index in [0.29, 0.717) is 47.3 Å². The molecule has 3 rings (SSSR count). The second-order valence-electron chi connectivity index (χ2n) is 6.70. The minimum Gasteiger partial charge on any atom is -0.490 e. The van der Waals surface area contributed by atoms with Gasteiger partial charge in [0.2, 0.25) is 0 Å². The number of nitrogens with zero attached hydrogens (tertiary/aromatic N) is 1. The Morgan fingerprint density at radius 3 is 2.54 bits per heavy atom. The van der Waals surface area contributed by atoms with Gasteiger partial charge in [0.1, 0.15) is 0 Å². The largest absolute Gasteiger partial charge is 0.490 e. The van der Waals surface area contributed by atoms with Crippen LogP contribution in [0, 0.1) is 5.92 Å². The molecule has 0 aromatic heterocycles. The van der Waals surface area contributed by atoms with E-state index in [2.05, 4.69) is 0 Å². The van der Waals surface area contributed by atoms with E-state index in [9.17, 15) is 4.79 Å². The molecule has 2 aliphatic carbocycles. The number of halogens is 1. The van der Waals surface area contributed by atoms with Crippen LogP contribution in [0.2, 0.25) is 5.02 Å². The molecule has 2 fully saturated rings. The average molecular weight is 352 g/mol. The van der Waals surface area contributed by atoms with Crippen LogP contribution in [0.4, 0.5) is 0 Å². The third-order valence-corrected chi connectivity index (χ3v) is 4.69. The SMILES string of the molecule is CCCOc1c(Cl)cc(C(=O)N(CC2CC2)C2CC2)cc1OCC. The summed E-state index contributed by atoms with van der Waals surface area (Å²) in [6, 6.07) is 3.91. The molecule has 132 valence electrons. The highest BCUT2D eigenvalue weighted by molar-refractivity contribution is 6.32. The van der Waals surface area contributed by atoms with Crippen molar-refractivity contribution in [3.63, 3.8) is 0 Å². The zero-order chi connectivity index (χ0) is 17.1. The summed E-state index contributed by atoms with van der Waals surface area (Å²) in [6.45, 7) is 5.90.